The van der Waals surface area contributed by atoms with Crippen LogP contribution in [0.5, 0.6) is 0 Å². The largest absolute Gasteiger partial charge is 0.383 e. The second-order valence-corrected chi connectivity index (χ2v) is 4.38. The number of hydrogen-bond donors (Lipinski definition) is 1. The van der Waals surface area contributed by atoms with Gasteiger partial charge in [-0.15, -0.1) is 0 Å². The summed E-state index contributed by atoms with van der Waals surface area (Å²) in [6, 6.07) is 1.24. The standard InChI is InChI=1S/C12H26N2O2/c1-4-13-9-12(10-16-3)14(7-8-15-2)11-5-6-11/h11-13H,4-10H2,1-3H3. The van der Waals surface area contributed by atoms with Gasteiger partial charge in [0.05, 0.1) is 13.2 Å². The van der Waals surface area contributed by atoms with Gasteiger partial charge >= 0.3 is 0 Å². The lowest BCUT2D eigenvalue weighted by Crippen LogP contribution is -2.47. The highest BCUT2D eigenvalue weighted by Crippen LogP contribution is 2.28. The Hall–Kier alpha value is -0.160. The quantitative estimate of drug-likeness (QED) is 0.600. The van der Waals surface area contributed by atoms with Crippen LogP contribution in [0.3, 0.4) is 0 Å². The normalized spacial score (nSPS) is 18.0. The number of ether oxygens (including phenoxy) is 2. The van der Waals surface area contributed by atoms with Crippen LogP contribution in [0.1, 0.15) is 19.8 Å². The zero-order valence-electron chi connectivity index (χ0n) is 10.9. The van der Waals surface area contributed by atoms with E-state index in [4.69, 9.17) is 9.47 Å². The molecular weight excluding hydrogens is 204 g/mol. The maximum atomic E-state index is 5.32. The highest BCUT2D eigenvalue weighted by molar-refractivity contribution is 4.89. The first kappa shape index (κ1) is 13.9. The van der Waals surface area contributed by atoms with Crippen LogP contribution in [-0.4, -0.2) is 64.1 Å². The predicted octanol–water partition coefficient (Wildman–Crippen LogP) is 0.722. The molecule has 0 spiro atoms. The number of rotatable bonds is 10. The zero-order valence-corrected chi connectivity index (χ0v) is 10.9. The lowest BCUT2D eigenvalue weighted by Gasteiger charge is -2.31. The maximum absolute atomic E-state index is 5.32. The van der Waals surface area contributed by atoms with Crippen LogP contribution in [0, 0.1) is 0 Å². The van der Waals surface area contributed by atoms with Gasteiger partial charge in [-0.05, 0) is 19.4 Å². The van der Waals surface area contributed by atoms with Crippen LogP contribution in [0.2, 0.25) is 0 Å². The third kappa shape index (κ3) is 4.78. The fourth-order valence-corrected chi connectivity index (χ4v) is 2.04. The zero-order chi connectivity index (χ0) is 11.8. The van der Waals surface area contributed by atoms with Gasteiger partial charge in [0.15, 0.2) is 0 Å². The second-order valence-electron chi connectivity index (χ2n) is 4.38. The minimum atomic E-state index is 0.479. The summed E-state index contributed by atoms with van der Waals surface area (Å²) in [5, 5.41) is 3.41. The van der Waals surface area contributed by atoms with Crippen molar-refractivity contribution in [3.05, 3.63) is 0 Å². The van der Waals surface area contributed by atoms with Gasteiger partial charge in [-0.1, -0.05) is 6.92 Å². The third-order valence-corrected chi connectivity index (χ3v) is 3.03. The molecule has 0 aromatic heterocycles. The van der Waals surface area contributed by atoms with Gasteiger partial charge in [0.25, 0.3) is 0 Å². The summed E-state index contributed by atoms with van der Waals surface area (Å²) < 4.78 is 10.5. The van der Waals surface area contributed by atoms with Gasteiger partial charge < -0.3 is 14.8 Å². The Labute approximate surface area is 99.3 Å². The van der Waals surface area contributed by atoms with E-state index < -0.39 is 0 Å². The van der Waals surface area contributed by atoms with Gasteiger partial charge in [0, 0.05) is 39.4 Å². The van der Waals surface area contributed by atoms with E-state index in [-0.39, 0.29) is 0 Å². The molecule has 1 aliphatic rings. The summed E-state index contributed by atoms with van der Waals surface area (Å²) >= 11 is 0. The van der Waals surface area contributed by atoms with Crippen molar-refractivity contribution in [1.29, 1.82) is 0 Å². The van der Waals surface area contributed by atoms with Crippen LogP contribution in [0.15, 0.2) is 0 Å². The Kier molecular flexibility index (Phi) is 6.96. The van der Waals surface area contributed by atoms with Crippen LogP contribution in [-0.2, 0) is 9.47 Å². The van der Waals surface area contributed by atoms with Crippen LogP contribution < -0.4 is 5.32 Å². The summed E-state index contributed by atoms with van der Waals surface area (Å²) in [7, 11) is 3.54. The molecule has 1 aliphatic carbocycles. The molecule has 0 saturated heterocycles. The molecule has 4 nitrogen and oxygen atoms in total. The molecule has 1 rings (SSSR count). The van der Waals surface area contributed by atoms with E-state index in [1.54, 1.807) is 14.2 Å². The first-order valence-corrected chi connectivity index (χ1v) is 6.27. The Morgan fingerprint density at radius 2 is 2.06 bits per heavy atom. The molecule has 0 radical (unpaired) electrons. The second kappa shape index (κ2) is 8.01. The van der Waals surface area contributed by atoms with Crippen LogP contribution >= 0.6 is 0 Å². The Balaban J connectivity index is 2.40. The summed E-state index contributed by atoms with van der Waals surface area (Å²) in [5.74, 6) is 0. The Morgan fingerprint density at radius 1 is 1.31 bits per heavy atom. The van der Waals surface area contributed by atoms with Crippen molar-refractivity contribution in [3.63, 3.8) is 0 Å². The third-order valence-electron chi connectivity index (χ3n) is 3.03. The molecular formula is C12H26N2O2. The molecule has 96 valence electrons. The molecule has 1 saturated carbocycles. The molecule has 0 heterocycles. The lowest BCUT2D eigenvalue weighted by molar-refractivity contribution is 0.0622. The minimum absolute atomic E-state index is 0.479. The predicted molar refractivity (Wildman–Crippen MR) is 65.8 cm³/mol. The van der Waals surface area contributed by atoms with E-state index in [1.807, 2.05) is 0 Å². The summed E-state index contributed by atoms with van der Waals surface area (Å²) in [4.78, 5) is 2.54. The summed E-state index contributed by atoms with van der Waals surface area (Å²) in [5.41, 5.74) is 0. The first-order valence-electron chi connectivity index (χ1n) is 6.27. The maximum Gasteiger partial charge on any atom is 0.0630 e. The van der Waals surface area contributed by atoms with E-state index in [9.17, 15) is 0 Å². The van der Waals surface area contributed by atoms with E-state index in [0.717, 1.165) is 38.9 Å². The van der Waals surface area contributed by atoms with Crippen LogP contribution in [0.4, 0.5) is 0 Å². The van der Waals surface area contributed by atoms with E-state index >= 15 is 0 Å². The van der Waals surface area contributed by atoms with E-state index in [1.165, 1.54) is 12.8 Å². The van der Waals surface area contributed by atoms with Crippen molar-refractivity contribution in [2.45, 2.75) is 31.8 Å². The average molecular weight is 230 g/mol. The molecule has 0 aromatic rings. The highest BCUT2D eigenvalue weighted by atomic mass is 16.5. The van der Waals surface area contributed by atoms with Gasteiger partial charge in [0.1, 0.15) is 0 Å². The smallest absolute Gasteiger partial charge is 0.0630 e. The highest BCUT2D eigenvalue weighted by Gasteiger charge is 2.33. The monoisotopic (exact) mass is 230 g/mol. The molecule has 16 heavy (non-hydrogen) atoms. The molecule has 0 bridgehead atoms. The molecule has 0 amide bonds. The van der Waals surface area contributed by atoms with Gasteiger partial charge in [0.2, 0.25) is 0 Å². The molecule has 4 heteroatoms. The number of methoxy groups -OCH3 is 2. The van der Waals surface area contributed by atoms with Crippen molar-refractivity contribution < 1.29 is 9.47 Å². The van der Waals surface area contributed by atoms with Crippen molar-refractivity contribution in [2.75, 3.05) is 47.1 Å². The lowest BCUT2D eigenvalue weighted by atomic mass is 10.2. The van der Waals surface area contributed by atoms with Gasteiger partial charge in [-0.25, -0.2) is 0 Å². The summed E-state index contributed by atoms with van der Waals surface area (Å²) in [6.45, 7) is 6.78. The molecule has 0 aliphatic heterocycles. The molecule has 1 fully saturated rings. The minimum Gasteiger partial charge on any atom is -0.383 e. The van der Waals surface area contributed by atoms with Gasteiger partial charge in [-0.3, -0.25) is 4.90 Å². The molecule has 0 aromatic carbocycles. The molecule has 1 atom stereocenters. The number of nitrogens with one attached hydrogen (secondary N) is 1. The Bertz CT molecular complexity index is 174. The van der Waals surface area contributed by atoms with Crippen molar-refractivity contribution >= 4 is 0 Å². The fraction of sp³-hybridized carbons (Fsp3) is 1.00. The number of hydrogen-bond acceptors (Lipinski definition) is 4. The Morgan fingerprint density at radius 3 is 2.56 bits per heavy atom. The SMILES string of the molecule is CCNCC(COC)N(CCOC)C1CC1. The number of likely N-dealkylation sites (N-methyl/N-ethyl adjacent to an activating group) is 1. The summed E-state index contributed by atoms with van der Waals surface area (Å²) in [6.07, 6.45) is 2.66. The van der Waals surface area contributed by atoms with E-state index in [2.05, 4.69) is 17.1 Å². The van der Waals surface area contributed by atoms with Crippen molar-refractivity contribution in [2.24, 2.45) is 0 Å². The van der Waals surface area contributed by atoms with Crippen molar-refractivity contribution in [3.8, 4) is 0 Å². The van der Waals surface area contributed by atoms with Gasteiger partial charge in [-0.2, -0.15) is 0 Å². The topological polar surface area (TPSA) is 33.7 Å². The average Bonchev–Trinajstić information content (AvgIpc) is 3.10. The van der Waals surface area contributed by atoms with Crippen LogP contribution in [0.25, 0.3) is 0 Å². The van der Waals surface area contributed by atoms with Crippen molar-refractivity contribution in [1.82, 2.24) is 10.2 Å². The van der Waals surface area contributed by atoms with E-state index in [0.29, 0.717) is 6.04 Å². The first-order chi connectivity index (χ1) is 7.83. The molecule has 1 N–H and O–H groups in total. The fourth-order valence-electron chi connectivity index (χ4n) is 2.04. The number of nitrogens with zero attached hydrogens (tertiary/aromatic N) is 1. The molecule has 1 unspecified atom stereocenters.